The first-order valence-electron chi connectivity index (χ1n) is 10.7. The quantitative estimate of drug-likeness (QED) is 0.796. The highest BCUT2D eigenvalue weighted by molar-refractivity contribution is 5.93. The van der Waals surface area contributed by atoms with E-state index >= 15 is 0 Å². The number of allylic oxidation sites excluding steroid dienone is 1. The Balaban J connectivity index is 1.23. The SMILES string of the molecule is O=C1CCCc2cc(/C=C/C(=O)N3CC4C=C(c5ccccc5)CC4C3)cnc2N1. The van der Waals surface area contributed by atoms with Gasteiger partial charge in [-0.05, 0) is 65.5 Å². The molecule has 2 atom stereocenters. The lowest BCUT2D eigenvalue weighted by molar-refractivity contribution is -0.125. The number of likely N-dealkylation sites (tertiary alicyclic amines) is 1. The zero-order valence-corrected chi connectivity index (χ0v) is 16.9. The maximum absolute atomic E-state index is 12.7. The molecule has 1 aromatic heterocycles. The van der Waals surface area contributed by atoms with Crippen LogP contribution in [0.15, 0.2) is 54.7 Å². The smallest absolute Gasteiger partial charge is 0.246 e. The van der Waals surface area contributed by atoms with Crippen molar-refractivity contribution < 1.29 is 9.59 Å². The molecule has 0 radical (unpaired) electrons. The molecular weight excluding hydrogens is 374 g/mol. The van der Waals surface area contributed by atoms with E-state index in [1.807, 2.05) is 23.1 Å². The number of anilines is 1. The number of pyridine rings is 1. The summed E-state index contributed by atoms with van der Waals surface area (Å²) in [6.07, 6.45) is 10.8. The van der Waals surface area contributed by atoms with Crippen LogP contribution in [0.3, 0.4) is 0 Å². The Morgan fingerprint density at radius 1 is 1.17 bits per heavy atom. The van der Waals surface area contributed by atoms with Crippen molar-refractivity contribution in [3.8, 4) is 0 Å². The molecule has 2 unspecified atom stereocenters. The lowest BCUT2D eigenvalue weighted by atomic mass is 9.98. The predicted octanol–water partition coefficient (Wildman–Crippen LogP) is 3.93. The Bertz CT molecular complexity index is 1040. The molecule has 3 aliphatic rings. The van der Waals surface area contributed by atoms with Gasteiger partial charge in [0.15, 0.2) is 0 Å². The summed E-state index contributed by atoms with van der Waals surface area (Å²) in [4.78, 5) is 30.7. The van der Waals surface area contributed by atoms with Crippen LogP contribution < -0.4 is 5.32 Å². The lowest BCUT2D eigenvalue weighted by Crippen LogP contribution is -2.27. The van der Waals surface area contributed by atoms with E-state index in [0.717, 1.165) is 43.5 Å². The fourth-order valence-corrected chi connectivity index (χ4v) is 4.79. The van der Waals surface area contributed by atoms with Crippen LogP contribution in [0.1, 0.15) is 36.0 Å². The van der Waals surface area contributed by atoms with Gasteiger partial charge in [0.1, 0.15) is 5.82 Å². The number of carbonyl (C=O) groups excluding carboxylic acids is 2. The summed E-state index contributed by atoms with van der Waals surface area (Å²) in [5.74, 6) is 1.70. The number of aryl methyl sites for hydroxylation is 1. The highest BCUT2D eigenvalue weighted by Gasteiger charge is 2.37. The number of fused-ring (bicyclic) bond motifs is 2. The first-order valence-corrected chi connectivity index (χ1v) is 10.7. The number of nitrogens with one attached hydrogen (secondary N) is 1. The Morgan fingerprint density at radius 3 is 2.87 bits per heavy atom. The first-order chi connectivity index (χ1) is 14.7. The van der Waals surface area contributed by atoms with Gasteiger partial charge in [0, 0.05) is 31.8 Å². The summed E-state index contributed by atoms with van der Waals surface area (Å²) in [5.41, 5.74) is 4.64. The summed E-state index contributed by atoms with van der Waals surface area (Å²) in [6, 6.07) is 12.6. The van der Waals surface area contributed by atoms with Crippen LogP contribution in [0.5, 0.6) is 0 Å². The maximum Gasteiger partial charge on any atom is 0.246 e. The average Bonchev–Trinajstić information content (AvgIpc) is 3.28. The molecular formula is C25H25N3O2. The van der Waals surface area contributed by atoms with Crippen molar-refractivity contribution in [1.82, 2.24) is 9.88 Å². The minimum Gasteiger partial charge on any atom is -0.338 e. The van der Waals surface area contributed by atoms with E-state index in [1.165, 1.54) is 11.1 Å². The zero-order chi connectivity index (χ0) is 20.5. The molecule has 3 heterocycles. The molecule has 0 spiro atoms. The van der Waals surface area contributed by atoms with Crippen molar-refractivity contribution in [2.24, 2.45) is 11.8 Å². The third kappa shape index (κ3) is 3.80. The Morgan fingerprint density at radius 2 is 2.03 bits per heavy atom. The zero-order valence-electron chi connectivity index (χ0n) is 16.9. The summed E-state index contributed by atoms with van der Waals surface area (Å²) < 4.78 is 0. The standard InChI is InChI=1S/C25H25N3O2/c29-23-8-4-7-19-11-17(14-26-25(19)27-23)9-10-24(30)28-15-21-12-20(13-22(21)16-28)18-5-2-1-3-6-18/h1-3,5-6,9-12,14,21-22H,4,7-8,13,15-16H2,(H,26,27,29)/b10-9+. The number of nitrogens with zero attached hydrogens (tertiary/aromatic N) is 2. The third-order valence-corrected chi connectivity index (χ3v) is 6.36. The van der Waals surface area contributed by atoms with Crippen molar-refractivity contribution in [1.29, 1.82) is 0 Å². The lowest BCUT2D eigenvalue weighted by Gasteiger charge is -2.15. The Kier molecular flexibility index (Phi) is 4.95. The monoisotopic (exact) mass is 399 g/mol. The van der Waals surface area contributed by atoms with Crippen LogP contribution in [-0.2, 0) is 16.0 Å². The molecule has 2 aliphatic heterocycles. The van der Waals surface area contributed by atoms with E-state index in [9.17, 15) is 9.59 Å². The van der Waals surface area contributed by atoms with Crippen LogP contribution >= 0.6 is 0 Å². The van der Waals surface area contributed by atoms with Crippen LogP contribution in [0.4, 0.5) is 5.82 Å². The normalized spacial score (nSPS) is 23.0. The second kappa shape index (κ2) is 7.90. The Hall–Kier alpha value is -3.21. The number of amides is 2. The maximum atomic E-state index is 12.7. The number of hydrogen-bond acceptors (Lipinski definition) is 3. The fraction of sp³-hybridized carbons (Fsp3) is 0.320. The molecule has 0 bridgehead atoms. The topological polar surface area (TPSA) is 62.3 Å². The largest absolute Gasteiger partial charge is 0.338 e. The highest BCUT2D eigenvalue weighted by atomic mass is 16.2. The minimum atomic E-state index is 0.0174. The molecule has 1 fully saturated rings. The molecule has 1 N–H and O–H groups in total. The molecule has 2 amide bonds. The number of benzene rings is 1. The van der Waals surface area contributed by atoms with Gasteiger partial charge in [-0.2, -0.15) is 0 Å². The molecule has 5 rings (SSSR count). The van der Waals surface area contributed by atoms with Crippen LogP contribution in [-0.4, -0.2) is 34.8 Å². The first kappa shape index (κ1) is 18.8. The minimum absolute atomic E-state index is 0.0174. The van der Waals surface area contributed by atoms with E-state index in [1.54, 1.807) is 12.3 Å². The summed E-state index contributed by atoms with van der Waals surface area (Å²) >= 11 is 0. The molecule has 5 nitrogen and oxygen atoms in total. The van der Waals surface area contributed by atoms with Crippen LogP contribution in [0.2, 0.25) is 0 Å². The van der Waals surface area contributed by atoms with Crippen molar-refractivity contribution in [2.45, 2.75) is 25.7 Å². The molecule has 1 aliphatic carbocycles. The highest BCUT2D eigenvalue weighted by Crippen LogP contribution is 2.40. The molecule has 0 saturated carbocycles. The predicted molar refractivity (Wildman–Crippen MR) is 117 cm³/mol. The van der Waals surface area contributed by atoms with Gasteiger partial charge >= 0.3 is 0 Å². The number of hydrogen-bond donors (Lipinski definition) is 1. The second-order valence-electron chi connectivity index (χ2n) is 8.44. The van der Waals surface area contributed by atoms with Crippen molar-refractivity contribution in [2.75, 3.05) is 18.4 Å². The van der Waals surface area contributed by atoms with E-state index in [4.69, 9.17) is 0 Å². The molecule has 1 saturated heterocycles. The fourth-order valence-electron chi connectivity index (χ4n) is 4.79. The number of carbonyl (C=O) groups is 2. The number of rotatable bonds is 3. The van der Waals surface area contributed by atoms with Crippen molar-refractivity contribution in [3.63, 3.8) is 0 Å². The van der Waals surface area contributed by atoms with Crippen molar-refractivity contribution in [3.05, 3.63) is 71.4 Å². The van der Waals surface area contributed by atoms with Gasteiger partial charge in [0.25, 0.3) is 0 Å². The molecule has 2 aromatic rings. The van der Waals surface area contributed by atoms with Gasteiger partial charge in [0.2, 0.25) is 11.8 Å². The second-order valence-corrected chi connectivity index (χ2v) is 8.44. The van der Waals surface area contributed by atoms with Crippen LogP contribution in [0.25, 0.3) is 11.6 Å². The van der Waals surface area contributed by atoms with Crippen LogP contribution in [0, 0.1) is 11.8 Å². The third-order valence-electron chi connectivity index (χ3n) is 6.36. The van der Waals surface area contributed by atoms with E-state index in [2.05, 4.69) is 40.6 Å². The van der Waals surface area contributed by atoms with Crippen molar-refractivity contribution >= 4 is 29.3 Å². The molecule has 1 aromatic carbocycles. The summed E-state index contributed by atoms with van der Waals surface area (Å²) in [6.45, 7) is 1.60. The van der Waals surface area contributed by atoms with E-state index in [-0.39, 0.29) is 11.8 Å². The van der Waals surface area contributed by atoms with Gasteiger partial charge in [-0.1, -0.05) is 36.4 Å². The molecule has 5 heteroatoms. The summed E-state index contributed by atoms with van der Waals surface area (Å²) in [5, 5.41) is 2.84. The molecule has 30 heavy (non-hydrogen) atoms. The number of aromatic nitrogens is 1. The molecule has 152 valence electrons. The van der Waals surface area contributed by atoms with E-state index < -0.39 is 0 Å². The van der Waals surface area contributed by atoms with E-state index in [0.29, 0.717) is 24.1 Å². The van der Waals surface area contributed by atoms with Gasteiger partial charge in [-0.25, -0.2) is 4.98 Å². The average molecular weight is 399 g/mol. The van der Waals surface area contributed by atoms with Gasteiger partial charge < -0.3 is 10.2 Å². The van der Waals surface area contributed by atoms with Gasteiger partial charge in [0.05, 0.1) is 0 Å². The Labute approximate surface area is 176 Å². The summed E-state index contributed by atoms with van der Waals surface area (Å²) in [7, 11) is 0. The van der Waals surface area contributed by atoms with Gasteiger partial charge in [-0.3, -0.25) is 9.59 Å². The van der Waals surface area contributed by atoms with Gasteiger partial charge in [-0.15, -0.1) is 0 Å².